The van der Waals surface area contributed by atoms with Gasteiger partial charge < -0.3 is 20.2 Å². The predicted molar refractivity (Wildman–Crippen MR) is 121 cm³/mol. The van der Waals surface area contributed by atoms with E-state index in [0.717, 1.165) is 19.3 Å². The number of hydroxylamine groups is 2. The van der Waals surface area contributed by atoms with Crippen LogP contribution in [-0.4, -0.2) is 57.3 Å². The van der Waals surface area contributed by atoms with Crippen molar-refractivity contribution in [2.45, 2.75) is 52.0 Å². The fourth-order valence-corrected chi connectivity index (χ4v) is 3.58. The molecule has 0 aliphatic carbocycles. The molecule has 2 aromatic heterocycles. The van der Waals surface area contributed by atoms with E-state index in [1.54, 1.807) is 6.92 Å². The minimum atomic E-state index is -1.13. The smallest absolute Gasteiger partial charge is 0.337 e. The molecule has 11 heteroatoms. The van der Waals surface area contributed by atoms with Crippen LogP contribution in [0.15, 0.2) is 35.0 Å². The van der Waals surface area contributed by atoms with E-state index in [1.807, 2.05) is 6.92 Å². The number of nitrogens with one attached hydrogen (secondary N) is 2. The molecule has 11 nitrogen and oxygen atoms in total. The summed E-state index contributed by atoms with van der Waals surface area (Å²) >= 11 is 0. The SMILES string of the molecule is CCCCCC(C(=O)NCNC(=O)c1ccc(-c2cncc(C(=O)O)c2)o1)C(CC)N(O)C=O. The van der Waals surface area contributed by atoms with Gasteiger partial charge in [0.2, 0.25) is 12.3 Å². The number of carboxylic acids is 1. The quantitative estimate of drug-likeness (QED) is 0.107. The Hall–Kier alpha value is -3.73. The number of furan rings is 1. The molecule has 2 heterocycles. The lowest BCUT2D eigenvalue weighted by Gasteiger charge is -2.29. The number of carbonyl (C=O) groups excluding carboxylic acids is 3. The van der Waals surface area contributed by atoms with Crippen molar-refractivity contribution >= 4 is 24.2 Å². The van der Waals surface area contributed by atoms with Gasteiger partial charge in [0.15, 0.2) is 5.76 Å². The van der Waals surface area contributed by atoms with Gasteiger partial charge in [0, 0.05) is 18.0 Å². The summed E-state index contributed by atoms with van der Waals surface area (Å²) in [6.07, 6.45) is 6.41. The van der Waals surface area contributed by atoms with Crippen molar-refractivity contribution in [1.29, 1.82) is 0 Å². The maximum Gasteiger partial charge on any atom is 0.337 e. The summed E-state index contributed by atoms with van der Waals surface area (Å²) in [7, 11) is 0. The van der Waals surface area contributed by atoms with Crippen LogP contribution in [0.3, 0.4) is 0 Å². The van der Waals surface area contributed by atoms with E-state index in [0.29, 0.717) is 23.5 Å². The lowest BCUT2D eigenvalue weighted by Crippen LogP contribution is -2.47. The van der Waals surface area contributed by atoms with Crippen LogP contribution in [0.5, 0.6) is 0 Å². The van der Waals surface area contributed by atoms with Gasteiger partial charge in [-0.05, 0) is 31.0 Å². The molecule has 3 amide bonds. The molecule has 0 saturated carbocycles. The minimum Gasteiger partial charge on any atom is -0.478 e. The third-order valence-corrected chi connectivity index (χ3v) is 5.40. The highest BCUT2D eigenvalue weighted by Crippen LogP contribution is 2.23. The van der Waals surface area contributed by atoms with Crippen LogP contribution in [0, 0.1) is 5.92 Å². The molecule has 2 aromatic rings. The van der Waals surface area contributed by atoms with Crippen molar-refractivity contribution in [2.75, 3.05) is 6.67 Å². The lowest BCUT2D eigenvalue weighted by atomic mass is 9.90. The van der Waals surface area contributed by atoms with Gasteiger partial charge in [-0.1, -0.05) is 33.1 Å². The van der Waals surface area contributed by atoms with Crippen molar-refractivity contribution in [3.63, 3.8) is 0 Å². The van der Waals surface area contributed by atoms with Gasteiger partial charge in [-0.3, -0.25) is 24.6 Å². The molecule has 184 valence electrons. The molecule has 34 heavy (non-hydrogen) atoms. The number of hydrogen-bond acceptors (Lipinski definition) is 7. The highest BCUT2D eigenvalue weighted by Gasteiger charge is 2.30. The average Bonchev–Trinajstić information content (AvgIpc) is 3.34. The first kappa shape index (κ1) is 26.5. The lowest BCUT2D eigenvalue weighted by molar-refractivity contribution is -0.168. The van der Waals surface area contributed by atoms with Crippen LogP contribution in [0.2, 0.25) is 0 Å². The molecule has 0 aliphatic heterocycles. The third-order valence-electron chi connectivity index (χ3n) is 5.40. The molecule has 2 rings (SSSR count). The molecule has 0 fully saturated rings. The maximum atomic E-state index is 12.8. The van der Waals surface area contributed by atoms with Gasteiger partial charge >= 0.3 is 5.97 Å². The van der Waals surface area contributed by atoms with E-state index in [-0.39, 0.29) is 36.1 Å². The monoisotopic (exact) mass is 474 g/mol. The Labute approximate surface area is 197 Å². The molecule has 0 aliphatic rings. The molecule has 4 N–H and O–H groups in total. The topological polar surface area (TPSA) is 162 Å². The van der Waals surface area contributed by atoms with Crippen molar-refractivity contribution in [2.24, 2.45) is 5.92 Å². The number of hydrogen-bond donors (Lipinski definition) is 4. The van der Waals surface area contributed by atoms with Crippen molar-refractivity contribution in [3.8, 4) is 11.3 Å². The number of aromatic nitrogens is 1. The molecule has 0 spiro atoms. The summed E-state index contributed by atoms with van der Waals surface area (Å²) < 4.78 is 5.50. The zero-order valence-electron chi connectivity index (χ0n) is 19.2. The summed E-state index contributed by atoms with van der Waals surface area (Å²) in [6, 6.07) is 3.64. The number of aromatic carboxylic acids is 1. The highest BCUT2D eigenvalue weighted by atomic mass is 16.5. The second kappa shape index (κ2) is 13.1. The van der Waals surface area contributed by atoms with E-state index >= 15 is 0 Å². The van der Waals surface area contributed by atoms with Crippen LogP contribution >= 0.6 is 0 Å². The minimum absolute atomic E-state index is 0.0162. The van der Waals surface area contributed by atoms with Crippen LogP contribution in [0.25, 0.3) is 11.3 Å². The zero-order chi connectivity index (χ0) is 25.1. The predicted octanol–water partition coefficient (Wildman–Crippen LogP) is 2.67. The number of carboxylic acid groups (broad SMARTS) is 1. The van der Waals surface area contributed by atoms with E-state index in [1.165, 1.54) is 30.6 Å². The Bertz CT molecular complexity index is 991. The maximum absolute atomic E-state index is 12.8. The molecule has 0 aromatic carbocycles. The molecule has 0 radical (unpaired) electrons. The number of nitrogens with zero attached hydrogens (tertiary/aromatic N) is 2. The van der Waals surface area contributed by atoms with Gasteiger partial charge in [-0.25, -0.2) is 9.86 Å². The second-order valence-corrected chi connectivity index (χ2v) is 7.72. The largest absolute Gasteiger partial charge is 0.478 e. The van der Waals surface area contributed by atoms with Crippen molar-refractivity contribution in [1.82, 2.24) is 20.7 Å². The first-order valence-electron chi connectivity index (χ1n) is 11.1. The van der Waals surface area contributed by atoms with Crippen LogP contribution < -0.4 is 10.6 Å². The number of pyridine rings is 1. The molecule has 0 bridgehead atoms. The van der Waals surface area contributed by atoms with E-state index in [9.17, 15) is 24.4 Å². The highest BCUT2D eigenvalue weighted by molar-refractivity contribution is 5.92. The Kier molecular flexibility index (Phi) is 10.2. The Morgan fingerprint density at radius 3 is 2.59 bits per heavy atom. The van der Waals surface area contributed by atoms with Gasteiger partial charge in [0.25, 0.3) is 5.91 Å². The fourth-order valence-electron chi connectivity index (χ4n) is 3.58. The number of unbranched alkanes of at least 4 members (excludes halogenated alkanes) is 2. The zero-order valence-corrected chi connectivity index (χ0v) is 19.2. The molecular weight excluding hydrogens is 444 g/mol. The summed E-state index contributed by atoms with van der Waals surface area (Å²) in [5.41, 5.74) is 0.383. The van der Waals surface area contributed by atoms with Crippen molar-refractivity contribution < 1.29 is 33.9 Å². The average molecular weight is 475 g/mol. The summed E-state index contributed by atoms with van der Waals surface area (Å²) in [5.74, 6) is -2.50. The van der Waals surface area contributed by atoms with Crippen LogP contribution in [-0.2, 0) is 9.59 Å². The number of carbonyl (C=O) groups is 4. The normalized spacial score (nSPS) is 12.4. The van der Waals surface area contributed by atoms with Gasteiger partial charge in [0.1, 0.15) is 5.76 Å². The molecular formula is C23H30N4O7. The van der Waals surface area contributed by atoms with Gasteiger partial charge in [0.05, 0.1) is 24.2 Å². The van der Waals surface area contributed by atoms with Crippen LogP contribution in [0.4, 0.5) is 0 Å². The standard InChI is InChI=1S/C23H30N4O7/c1-3-5-6-7-17(18(4-2)27(33)14-28)21(29)25-13-26-22(30)20-9-8-19(34-20)15-10-16(23(31)32)12-24-11-15/h8-12,14,17-18,33H,3-7,13H2,1-2H3,(H,25,29)(H,26,30)(H,31,32). The van der Waals surface area contributed by atoms with Gasteiger partial charge in [-0.2, -0.15) is 0 Å². The van der Waals surface area contributed by atoms with E-state index in [4.69, 9.17) is 9.52 Å². The van der Waals surface area contributed by atoms with E-state index < -0.39 is 23.8 Å². The molecule has 2 unspecified atom stereocenters. The Balaban J connectivity index is 1.98. The van der Waals surface area contributed by atoms with Crippen molar-refractivity contribution in [3.05, 3.63) is 41.9 Å². The Morgan fingerprint density at radius 1 is 1.18 bits per heavy atom. The van der Waals surface area contributed by atoms with E-state index in [2.05, 4.69) is 15.6 Å². The molecule has 2 atom stereocenters. The van der Waals surface area contributed by atoms with Crippen LogP contribution in [0.1, 0.15) is 66.9 Å². The fraction of sp³-hybridized carbons (Fsp3) is 0.435. The second-order valence-electron chi connectivity index (χ2n) is 7.72. The first-order valence-corrected chi connectivity index (χ1v) is 11.1. The Morgan fingerprint density at radius 2 is 1.94 bits per heavy atom. The third kappa shape index (κ3) is 7.14. The van der Waals surface area contributed by atoms with Gasteiger partial charge in [-0.15, -0.1) is 0 Å². The summed E-state index contributed by atoms with van der Waals surface area (Å²) in [5, 5.41) is 24.6. The number of amides is 3. The number of rotatable bonds is 14. The summed E-state index contributed by atoms with van der Waals surface area (Å²) in [6.45, 7) is 3.62. The molecule has 0 saturated heterocycles. The first-order chi connectivity index (χ1) is 16.3. The summed E-state index contributed by atoms with van der Waals surface area (Å²) in [4.78, 5) is 51.2.